The maximum Gasteiger partial charge on any atom is 0.0407 e. The Kier molecular flexibility index (Phi) is 3.95. The number of likely N-dealkylation sites (N-methyl/N-ethyl adjacent to an activating group) is 1. The Morgan fingerprint density at radius 2 is 1.82 bits per heavy atom. The summed E-state index contributed by atoms with van der Waals surface area (Å²) in [5.41, 5.74) is 1.29. The van der Waals surface area contributed by atoms with Crippen LogP contribution in [0.2, 0.25) is 5.02 Å². The minimum atomic E-state index is 0.638. The van der Waals surface area contributed by atoms with E-state index < -0.39 is 0 Å². The molecule has 1 fully saturated rings. The van der Waals surface area contributed by atoms with Gasteiger partial charge in [-0.2, -0.15) is 0 Å². The van der Waals surface area contributed by atoms with E-state index in [1.54, 1.807) is 0 Å². The van der Waals surface area contributed by atoms with Crippen molar-refractivity contribution >= 4 is 17.3 Å². The first kappa shape index (κ1) is 12.7. The van der Waals surface area contributed by atoms with E-state index in [4.69, 9.17) is 11.6 Å². The minimum Gasteiger partial charge on any atom is -0.369 e. The third kappa shape index (κ3) is 2.93. The molecule has 2 rings (SSSR count). The van der Waals surface area contributed by atoms with Crippen LogP contribution in [0.15, 0.2) is 24.3 Å². The van der Waals surface area contributed by atoms with Gasteiger partial charge in [-0.25, -0.2) is 0 Å². The average molecular weight is 253 g/mol. The van der Waals surface area contributed by atoms with Crippen LogP contribution in [0, 0.1) is 5.92 Å². The van der Waals surface area contributed by atoms with E-state index in [1.165, 1.54) is 5.69 Å². The Bertz CT molecular complexity index is 361. The lowest BCUT2D eigenvalue weighted by molar-refractivity contribution is 0.173. The van der Waals surface area contributed by atoms with Gasteiger partial charge < -0.3 is 4.90 Å². The molecule has 1 aromatic rings. The van der Waals surface area contributed by atoms with Crippen molar-refractivity contribution in [2.45, 2.75) is 19.9 Å². The van der Waals surface area contributed by atoms with Crippen LogP contribution >= 0.6 is 11.6 Å². The van der Waals surface area contributed by atoms with Crippen molar-refractivity contribution in [2.24, 2.45) is 5.92 Å². The molecule has 0 aliphatic carbocycles. The molecule has 1 heterocycles. The second-order valence-corrected chi connectivity index (χ2v) is 5.65. The number of hydrogen-bond acceptors (Lipinski definition) is 2. The Morgan fingerprint density at radius 1 is 1.18 bits per heavy atom. The average Bonchev–Trinajstić information content (AvgIpc) is 2.30. The maximum atomic E-state index is 5.93. The van der Waals surface area contributed by atoms with Crippen LogP contribution in [0.1, 0.15) is 13.8 Å². The Balaban J connectivity index is 2.10. The summed E-state index contributed by atoms with van der Waals surface area (Å²) in [7, 11) is 2.23. The summed E-state index contributed by atoms with van der Waals surface area (Å²) in [5, 5.41) is 0.809. The predicted octanol–water partition coefficient (Wildman–Crippen LogP) is 3.12. The first-order valence-electron chi connectivity index (χ1n) is 6.28. The van der Waals surface area contributed by atoms with Crippen molar-refractivity contribution in [3.63, 3.8) is 0 Å². The van der Waals surface area contributed by atoms with Crippen LogP contribution in [-0.4, -0.2) is 37.6 Å². The Labute approximate surface area is 109 Å². The van der Waals surface area contributed by atoms with Crippen molar-refractivity contribution < 1.29 is 0 Å². The topological polar surface area (TPSA) is 6.48 Å². The number of anilines is 1. The van der Waals surface area contributed by atoms with Gasteiger partial charge in [0.15, 0.2) is 0 Å². The molecule has 1 saturated heterocycles. The molecule has 0 bridgehead atoms. The third-order valence-corrected chi connectivity index (χ3v) is 3.91. The number of rotatable bonds is 2. The van der Waals surface area contributed by atoms with E-state index >= 15 is 0 Å². The smallest absolute Gasteiger partial charge is 0.0407 e. The molecule has 1 aromatic carbocycles. The van der Waals surface area contributed by atoms with Gasteiger partial charge in [0.2, 0.25) is 0 Å². The highest BCUT2D eigenvalue weighted by molar-refractivity contribution is 6.30. The van der Waals surface area contributed by atoms with Gasteiger partial charge in [0, 0.05) is 36.4 Å². The molecule has 0 N–H and O–H groups in total. The summed E-state index contributed by atoms with van der Waals surface area (Å²) in [5.74, 6) is 0.690. The molecule has 1 atom stereocenters. The molecule has 0 saturated carbocycles. The molecule has 94 valence electrons. The van der Waals surface area contributed by atoms with E-state index in [-0.39, 0.29) is 0 Å². The number of halogens is 1. The number of nitrogens with zero attached hydrogens (tertiary/aromatic N) is 2. The monoisotopic (exact) mass is 252 g/mol. The molecule has 0 aromatic heterocycles. The van der Waals surface area contributed by atoms with E-state index in [2.05, 4.69) is 42.8 Å². The lowest BCUT2D eigenvalue weighted by Crippen LogP contribution is -2.53. The molecule has 2 nitrogen and oxygen atoms in total. The van der Waals surface area contributed by atoms with Gasteiger partial charge in [-0.1, -0.05) is 25.4 Å². The van der Waals surface area contributed by atoms with Crippen LogP contribution in [0.3, 0.4) is 0 Å². The molecule has 17 heavy (non-hydrogen) atoms. The second-order valence-electron chi connectivity index (χ2n) is 5.21. The lowest BCUT2D eigenvalue weighted by Gasteiger charge is -2.42. The van der Waals surface area contributed by atoms with E-state index in [1.807, 2.05) is 12.1 Å². The van der Waals surface area contributed by atoms with Crippen LogP contribution in [0.25, 0.3) is 0 Å². The Hall–Kier alpha value is -0.730. The first-order chi connectivity index (χ1) is 8.08. The van der Waals surface area contributed by atoms with Gasteiger partial charge >= 0.3 is 0 Å². The summed E-state index contributed by atoms with van der Waals surface area (Å²) in [6.45, 7) is 7.93. The number of benzene rings is 1. The highest BCUT2D eigenvalue weighted by Crippen LogP contribution is 2.23. The second kappa shape index (κ2) is 5.28. The molecule has 0 radical (unpaired) electrons. The number of hydrogen-bond donors (Lipinski definition) is 0. The van der Waals surface area contributed by atoms with Crippen LogP contribution in [0.4, 0.5) is 5.69 Å². The first-order valence-corrected chi connectivity index (χ1v) is 6.66. The summed E-state index contributed by atoms with van der Waals surface area (Å²) in [6.07, 6.45) is 0. The van der Waals surface area contributed by atoms with Gasteiger partial charge in [-0.05, 0) is 37.2 Å². The van der Waals surface area contributed by atoms with E-state index in [9.17, 15) is 0 Å². The minimum absolute atomic E-state index is 0.638. The molecule has 3 heteroatoms. The molecule has 0 unspecified atom stereocenters. The lowest BCUT2D eigenvalue weighted by atomic mass is 10.00. The fourth-order valence-electron chi connectivity index (χ4n) is 2.51. The van der Waals surface area contributed by atoms with Gasteiger partial charge in [0.1, 0.15) is 0 Å². The number of piperazine rings is 1. The van der Waals surface area contributed by atoms with E-state index in [0.29, 0.717) is 12.0 Å². The third-order valence-electron chi connectivity index (χ3n) is 3.66. The molecule has 0 spiro atoms. The van der Waals surface area contributed by atoms with Crippen LogP contribution in [-0.2, 0) is 0 Å². The van der Waals surface area contributed by atoms with Crippen LogP contribution in [0.5, 0.6) is 0 Å². The molecule has 1 aliphatic heterocycles. The fourth-order valence-corrected chi connectivity index (χ4v) is 2.63. The molecule has 1 aliphatic rings. The van der Waals surface area contributed by atoms with Gasteiger partial charge in [-0.3, -0.25) is 4.90 Å². The van der Waals surface area contributed by atoms with Crippen molar-refractivity contribution in [1.29, 1.82) is 0 Å². The molecule has 0 amide bonds. The molecular formula is C14H21ClN2. The SMILES string of the molecule is CC(C)[C@H]1CN(c2ccc(Cl)cc2)CCN1C. The predicted molar refractivity (Wildman–Crippen MR) is 74.9 cm³/mol. The quantitative estimate of drug-likeness (QED) is 0.798. The highest BCUT2D eigenvalue weighted by Gasteiger charge is 2.26. The van der Waals surface area contributed by atoms with Crippen LogP contribution < -0.4 is 4.90 Å². The zero-order chi connectivity index (χ0) is 12.4. The Morgan fingerprint density at radius 3 is 2.41 bits per heavy atom. The zero-order valence-electron chi connectivity index (χ0n) is 10.9. The summed E-state index contributed by atoms with van der Waals surface area (Å²) in [6, 6.07) is 8.81. The normalized spacial score (nSPS) is 22.2. The van der Waals surface area contributed by atoms with Crippen molar-refractivity contribution in [2.75, 3.05) is 31.6 Å². The summed E-state index contributed by atoms with van der Waals surface area (Å²) < 4.78 is 0. The van der Waals surface area contributed by atoms with Crippen molar-refractivity contribution in [3.8, 4) is 0 Å². The van der Waals surface area contributed by atoms with E-state index in [0.717, 1.165) is 24.7 Å². The fraction of sp³-hybridized carbons (Fsp3) is 0.571. The molecular weight excluding hydrogens is 232 g/mol. The standard InChI is InChI=1S/C14H21ClN2/c1-11(2)14-10-17(9-8-16(14)3)13-6-4-12(15)5-7-13/h4-7,11,14H,8-10H2,1-3H3/t14-/m1/s1. The summed E-state index contributed by atoms with van der Waals surface area (Å²) in [4.78, 5) is 4.93. The van der Waals surface area contributed by atoms with Gasteiger partial charge in [-0.15, -0.1) is 0 Å². The zero-order valence-corrected chi connectivity index (χ0v) is 11.6. The maximum absolute atomic E-state index is 5.93. The highest BCUT2D eigenvalue weighted by atomic mass is 35.5. The van der Waals surface area contributed by atoms with Crippen molar-refractivity contribution in [3.05, 3.63) is 29.3 Å². The van der Waals surface area contributed by atoms with Crippen molar-refractivity contribution in [1.82, 2.24) is 4.90 Å². The summed E-state index contributed by atoms with van der Waals surface area (Å²) >= 11 is 5.93. The van der Waals surface area contributed by atoms with Gasteiger partial charge in [0.25, 0.3) is 0 Å². The largest absolute Gasteiger partial charge is 0.369 e. The van der Waals surface area contributed by atoms with Gasteiger partial charge in [0.05, 0.1) is 0 Å².